The number of thioether (sulfide) groups is 1. The number of carbonyl (C=O) groups is 1. The average Bonchev–Trinajstić information content (AvgIpc) is 3.43. The van der Waals surface area contributed by atoms with Gasteiger partial charge in [-0.3, -0.25) is 14.0 Å². The molecule has 0 aliphatic carbocycles. The fraction of sp³-hybridized carbons (Fsp3) is 0.250. The fourth-order valence-corrected chi connectivity index (χ4v) is 3.56. The van der Waals surface area contributed by atoms with Gasteiger partial charge in [-0.05, 0) is 48.8 Å². The number of hydrogen-bond donors (Lipinski definition) is 1. The van der Waals surface area contributed by atoms with Crippen molar-refractivity contribution in [2.75, 3.05) is 12.0 Å². The molecule has 0 unspecified atom stereocenters. The second-order valence-corrected chi connectivity index (χ2v) is 7.57. The molecule has 10 heteroatoms. The summed E-state index contributed by atoms with van der Waals surface area (Å²) in [6.45, 7) is -0.208. The Morgan fingerprint density at radius 2 is 2.10 bits per heavy atom. The summed E-state index contributed by atoms with van der Waals surface area (Å²) in [5.41, 5.74) is 0.823. The molecule has 1 amide bonds. The van der Waals surface area contributed by atoms with E-state index >= 15 is 0 Å². The molecule has 9 nitrogen and oxygen atoms in total. The van der Waals surface area contributed by atoms with Crippen molar-refractivity contribution in [2.24, 2.45) is 0 Å². The van der Waals surface area contributed by atoms with E-state index < -0.39 is 0 Å². The Balaban J connectivity index is 1.55. The minimum atomic E-state index is -0.367. The minimum Gasteiger partial charge on any atom is -0.463 e. The first-order valence-electron chi connectivity index (χ1n) is 9.35. The van der Waals surface area contributed by atoms with Crippen molar-refractivity contribution in [3.63, 3.8) is 0 Å². The molecule has 30 heavy (non-hydrogen) atoms. The van der Waals surface area contributed by atoms with E-state index in [1.54, 1.807) is 30.0 Å². The highest BCUT2D eigenvalue weighted by molar-refractivity contribution is 7.98. The van der Waals surface area contributed by atoms with Crippen LogP contribution >= 0.6 is 11.8 Å². The van der Waals surface area contributed by atoms with Crippen LogP contribution in [0, 0.1) is 0 Å². The number of aromatic nitrogens is 5. The Hall–Kier alpha value is -3.40. The highest BCUT2D eigenvalue weighted by Crippen LogP contribution is 2.18. The van der Waals surface area contributed by atoms with Gasteiger partial charge < -0.3 is 9.73 Å². The normalized spacial score (nSPS) is 12.2. The van der Waals surface area contributed by atoms with Crippen LogP contribution in [0.5, 0.6) is 0 Å². The maximum atomic E-state index is 12.8. The van der Waals surface area contributed by atoms with Gasteiger partial charge in [-0.15, -0.1) is 10.2 Å². The highest BCUT2D eigenvalue weighted by Gasteiger charge is 2.21. The lowest BCUT2D eigenvalue weighted by Crippen LogP contribution is -2.36. The predicted molar refractivity (Wildman–Crippen MR) is 113 cm³/mol. The molecule has 0 fully saturated rings. The van der Waals surface area contributed by atoms with Gasteiger partial charge in [0, 0.05) is 12.3 Å². The first-order valence-corrected chi connectivity index (χ1v) is 10.7. The van der Waals surface area contributed by atoms with Crippen LogP contribution in [0.15, 0.2) is 64.1 Å². The van der Waals surface area contributed by atoms with Crippen LogP contribution in [0.2, 0.25) is 0 Å². The number of amides is 1. The van der Waals surface area contributed by atoms with E-state index in [4.69, 9.17) is 4.42 Å². The molecule has 1 atom stereocenters. The lowest BCUT2D eigenvalue weighted by Gasteiger charge is -2.17. The van der Waals surface area contributed by atoms with E-state index in [0.717, 1.165) is 10.4 Å². The molecule has 0 aromatic carbocycles. The molecule has 0 saturated carbocycles. The minimum absolute atomic E-state index is 0.208. The third kappa shape index (κ3) is 4.28. The van der Waals surface area contributed by atoms with Crippen molar-refractivity contribution in [1.82, 2.24) is 29.7 Å². The van der Waals surface area contributed by atoms with Crippen molar-refractivity contribution >= 4 is 23.3 Å². The number of pyridine rings is 1. The van der Waals surface area contributed by atoms with Crippen LogP contribution in [-0.2, 0) is 11.3 Å². The largest absolute Gasteiger partial charge is 0.463 e. The molecular formula is C20H20N6O3S. The van der Waals surface area contributed by atoms with E-state index in [2.05, 4.69) is 20.6 Å². The predicted octanol–water partition coefficient (Wildman–Crippen LogP) is 2.16. The van der Waals surface area contributed by atoms with Crippen LogP contribution in [0.1, 0.15) is 18.3 Å². The summed E-state index contributed by atoms with van der Waals surface area (Å²) in [5, 5.41) is 15.7. The summed E-state index contributed by atoms with van der Waals surface area (Å²) >= 11 is 1.68. The van der Waals surface area contributed by atoms with Crippen molar-refractivity contribution in [2.45, 2.75) is 19.0 Å². The number of furan rings is 1. The fourth-order valence-electron chi connectivity index (χ4n) is 3.09. The summed E-state index contributed by atoms with van der Waals surface area (Å²) in [6.07, 6.45) is 6.07. The van der Waals surface area contributed by atoms with Crippen LogP contribution in [0.3, 0.4) is 0 Å². The molecule has 0 bridgehead atoms. The number of rotatable bonds is 8. The Labute approximate surface area is 176 Å². The van der Waals surface area contributed by atoms with Gasteiger partial charge >= 0.3 is 0 Å². The smallest absolute Gasteiger partial charge is 0.267 e. The number of nitrogens with zero attached hydrogens (tertiary/aromatic N) is 5. The number of hydrogen-bond acceptors (Lipinski definition) is 7. The van der Waals surface area contributed by atoms with Gasteiger partial charge in [0.2, 0.25) is 5.91 Å². The third-order valence-corrected chi connectivity index (χ3v) is 5.18. The molecule has 0 aliphatic heterocycles. The van der Waals surface area contributed by atoms with Gasteiger partial charge in [-0.2, -0.15) is 16.9 Å². The van der Waals surface area contributed by atoms with Gasteiger partial charge in [0.25, 0.3) is 5.56 Å². The van der Waals surface area contributed by atoms with Gasteiger partial charge in [0.05, 0.1) is 12.3 Å². The molecule has 4 rings (SSSR count). The molecule has 1 N–H and O–H groups in total. The monoisotopic (exact) mass is 424 g/mol. The molecule has 0 radical (unpaired) electrons. The van der Waals surface area contributed by atoms with E-state index in [9.17, 15) is 9.59 Å². The summed E-state index contributed by atoms with van der Waals surface area (Å²) in [4.78, 5) is 25.0. The second kappa shape index (κ2) is 8.95. The van der Waals surface area contributed by atoms with E-state index in [0.29, 0.717) is 29.3 Å². The Kier molecular flexibility index (Phi) is 5.94. The molecule has 4 heterocycles. The zero-order chi connectivity index (χ0) is 20.9. The van der Waals surface area contributed by atoms with Crippen LogP contribution < -0.4 is 10.9 Å². The van der Waals surface area contributed by atoms with Gasteiger partial charge in [0.1, 0.15) is 12.2 Å². The highest BCUT2D eigenvalue weighted by atomic mass is 32.2. The van der Waals surface area contributed by atoms with Gasteiger partial charge in [0.15, 0.2) is 17.2 Å². The zero-order valence-corrected chi connectivity index (χ0v) is 17.1. The molecule has 4 aromatic rings. The number of fused-ring (bicyclic) bond motifs is 1. The SMILES string of the molecule is CSCC[C@H](NC(=O)Cn1nc(-c2ccco2)ccc1=O)c1nnc2ccccn12. The van der Waals surface area contributed by atoms with Gasteiger partial charge in [-0.25, -0.2) is 4.68 Å². The van der Waals surface area contributed by atoms with Crippen molar-refractivity contribution in [3.8, 4) is 11.5 Å². The lowest BCUT2D eigenvalue weighted by molar-refractivity contribution is -0.122. The molecule has 0 spiro atoms. The number of nitrogens with one attached hydrogen (secondary N) is 1. The topological polar surface area (TPSA) is 107 Å². The standard InChI is InChI=1S/C20H20N6O3S/c1-30-12-9-15(20-23-22-17-6-2-3-10-25(17)20)21-18(27)13-26-19(28)8-7-14(24-26)16-5-4-11-29-16/h2-8,10-11,15H,9,12-13H2,1H3,(H,21,27)/t15-/m0/s1. The summed E-state index contributed by atoms with van der Waals surface area (Å²) in [5.74, 6) is 1.67. The second-order valence-electron chi connectivity index (χ2n) is 6.58. The Morgan fingerprint density at radius 3 is 2.90 bits per heavy atom. The maximum Gasteiger partial charge on any atom is 0.267 e. The van der Waals surface area contributed by atoms with E-state index in [1.807, 2.05) is 35.1 Å². The van der Waals surface area contributed by atoms with Crippen LogP contribution in [0.25, 0.3) is 17.1 Å². The molecule has 0 aliphatic rings. The van der Waals surface area contributed by atoms with Crippen LogP contribution in [0.4, 0.5) is 0 Å². The van der Waals surface area contributed by atoms with E-state index in [-0.39, 0.29) is 24.1 Å². The number of carbonyl (C=O) groups excluding carboxylic acids is 1. The quantitative estimate of drug-likeness (QED) is 0.462. The van der Waals surface area contributed by atoms with Gasteiger partial charge in [-0.1, -0.05) is 6.07 Å². The summed E-state index contributed by atoms with van der Waals surface area (Å²) in [7, 11) is 0. The third-order valence-electron chi connectivity index (χ3n) is 4.53. The molecule has 154 valence electrons. The average molecular weight is 424 g/mol. The van der Waals surface area contributed by atoms with Crippen molar-refractivity contribution < 1.29 is 9.21 Å². The zero-order valence-electron chi connectivity index (χ0n) is 16.3. The lowest BCUT2D eigenvalue weighted by atomic mass is 10.2. The van der Waals surface area contributed by atoms with E-state index in [1.165, 1.54) is 12.3 Å². The van der Waals surface area contributed by atoms with Crippen molar-refractivity contribution in [1.29, 1.82) is 0 Å². The first-order chi connectivity index (χ1) is 14.7. The van der Waals surface area contributed by atoms with Crippen LogP contribution in [-0.4, -0.2) is 42.3 Å². The van der Waals surface area contributed by atoms with Crippen molar-refractivity contribution in [3.05, 3.63) is 71.1 Å². The first kappa shape index (κ1) is 19.9. The Bertz CT molecular complexity index is 1200. The summed E-state index contributed by atoms with van der Waals surface area (Å²) < 4.78 is 8.30. The molecular weight excluding hydrogens is 404 g/mol. The molecule has 0 saturated heterocycles. The maximum absolute atomic E-state index is 12.8. The Morgan fingerprint density at radius 1 is 1.20 bits per heavy atom. The molecule has 4 aromatic heterocycles. The summed E-state index contributed by atoms with van der Waals surface area (Å²) in [6, 6.07) is 11.7.